The van der Waals surface area contributed by atoms with Crippen molar-refractivity contribution >= 4 is 27.8 Å². The summed E-state index contributed by atoms with van der Waals surface area (Å²) in [6, 6.07) is 14.3. The second-order valence-corrected chi connectivity index (χ2v) is 7.69. The van der Waals surface area contributed by atoms with Gasteiger partial charge in [0.15, 0.2) is 0 Å². The van der Waals surface area contributed by atoms with E-state index in [2.05, 4.69) is 44.5 Å². The topological polar surface area (TPSA) is 79.9 Å². The number of H-pyrrole nitrogens is 1. The van der Waals surface area contributed by atoms with Gasteiger partial charge in [0, 0.05) is 30.5 Å². The molecule has 146 valence electrons. The third kappa shape index (κ3) is 3.31. The zero-order valence-corrected chi connectivity index (χ0v) is 16.4. The normalized spacial score (nSPS) is 17.6. The minimum atomic E-state index is -0.0784. The molecule has 0 saturated carbocycles. The first-order valence-corrected chi connectivity index (χ1v) is 9.86. The Morgan fingerprint density at radius 3 is 2.86 bits per heavy atom. The number of nitrogens with zero attached hydrogens (tertiary/aromatic N) is 2. The van der Waals surface area contributed by atoms with Crippen LogP contribution in [0.5, 0.6) is 5.75 Å². The van der Waals surface area contributed by atoms with Crippen molar-refractivity contribution in [1.82, 2.24) is 20.3 Å². The van der Waals surface area contributed by atoms with E-state index in [1.165, 1.54) is 0 Å². The van der Waals surface area contributed by atoms with Crippen LogP contribution < -0.4 is 10.1 Å². The molecule has 2 atom stereocenters. The first-order valence-electron chi connectivity index (χ1n) is 9.86. The van der Waals surface area contributed by atoms with Crippen molar-refractivity contribution in [3.8, 4) is 16.9 Å². The Morgan fingerprint density at radius 2 is 2.03 bits per heavy atom. The molecule has 6 nitrogen and oxygen atoms in total. The van der Waals surface area contributed by atoms with E-state index in [9.17, 15) is 4.79 Å². The number of aryl methyl sites for hydroxylation is 1. The summed E-state index contributed by atoms with van der Waals surface area (Å²) in [5.41, 5.74) is 4.95. The number of ether oxygens (including phenoxy) is 1. The molecule has 6 heteroatoms. The largest absolute Gasteiger partial charge is 0.490 e. The van der Waals surface area contributed by atoms with Crippen LogP contribution >= 0.6 is 0 Å². The summed E-state index contributed by atoms with van der Waals surface area (Å²) in [6.07, 6.45) is 2.22. The van der Waals surface area contributed by atoms with Crippen LogP contribution in [0.2, 0.25) is 0 Å². The molecule has 1 saturated heterocycles. The number of benzene rings is 2. The van der Waals surface area contributed by atoms with Gasteiger partial charge in [-0.05, 0) is 61.4 Å². The lowest BCUT2D eigenvalue weighted by atomic mass is 10.0. The Hall–Kier alpha value is -3.41. The van der Waals surface area contributed by atoms with E-state index in [1.807, 2.05) is 32.0 Å². The summed E-state index contributed by atoms with van der Waals surface area (Å²) in [7, 11) is 0. The van der Waals surface area contributed by atoms with Crippen LogP contribution in [0.25, 0.3) is 33.1 Å². The number of aromatic amines is 1. The van der Waals surface area contributed by atoms with Crippen molar-refractivity contribution in [2.45, 2.75) is 26.4 Å². The molecule has 2 unspecified atom stereocenters. The minimum absolute atomic E-state index is 0.0784. The molecule has 0 spiro atoms. The molecule has 1 aliphatic rings. The van der Waals surface area contributed by atoms with Crippen LogP contribution in [0.4, 0.5) is 0 Å². The van der Waals surface area contributed by atoms with Gasteiger partial charge in [-0.3, -0.25) is 9.78 Å². The molecule has 2 N–H and O–H groups in total. The molecule has 0 aliphatic carbocycles. The van der Waals surface area contributed by atoms with Crippen molar-refractivity contribution in [2.75, 3.05) is 6.54 Å². The van der Waals surface area contributed by atoms with E-state index in [4.69, 9.17) is 4.74 Å². The highest BCUT2D eigenvalue weighted by Crippen LogP contribution is 2.34. The lowest BCUT2D eigenvalue weighted by molar-refractivity contribution is -0.119. The van der Waals surface area contributed by atoms with Gasteiger partial charge in [-0.25, -0.2) is 4.98 Å². The molecule has 3 heterocycles. The highest BCUT2D eigenvalue weighted by atomic mass is 16.5. The molecule has 5 rings (SSSR count). The second-order valence-electron chi connectivity index (χ2n) is 7.69. The Labute approximate surface area is 168 Å². The summed E-state index contributed by atoms with van der Waals surface area (Å²) in [5.74, 6) is 1.95. The maximum Gasteiger partial charge on any atom is 0.220 e. The standard InChI is InChI=1S/C23H22N4O2/c1-13(17-11-23(28)25-12-17)29-22-10-16(9-20-18(22)4-3-7-24-20)15-5-6-19-21(8-15)27-14(2)26-19/h3-10,13,17H,11-12H2,1-2H3,(H,25,28)(H,26,27). The maximum absolute atomic E-state index is 11.6. The van der Waals surface area contributed by atoms with Crippen molar-refractivity contribution in [1.29, 1.82) is 0 Å². The predicted octanol–water partition coefficient (Wildman–Crippen LogP) is 3.99. The Kier molecular flexibility index (Phi) is 4.19. The minimum Gasteiger partial charge on any atom is -0.490 e. The fraction of sp³-hybridized carbons (Fsp3) is 0.261. The van der Waals surface area contributed by atoms with Gasteiger partial charge in [-0.15, -0.1) is 0 Å². The number of carbonyl (C=O) groups is 1. The van der Waals surface area contributed by atoms with Crippen LogP contribution in [0.1, 0.15) is 19.2 Å². The van der Waals surface area contributed by atoms with Gasteiger partial charge in [0.2, 0.25) is 5.91 Å². The highest BCUT2D eigenvalue weighted by Gasteiger charge is 2.28. The van der Waals surface area contributed by atoms with Crippen LogP contribution in [0.15, 0.2) is 48.7 Å². The number of aromatic nitrogens is 3. The average Bonchev–Trinajstić information content (AvgIpc) is 3.31. The molecule has 2 aromatic heterocycles. The van der Waals surface area contributed by atoms with E-state index in [0.717, 1.165) is 44.6 Å². The maximum atomic E-state index is 11.6. The van der Waals surface area contributed by atoms with E-state index in [1.54, 1.807) is 6.20 Å². The highest BCUT2D eigenvalue weighted by molar-refractivity contribution is 5.91. The van der Waals surface area contributed by atoms with Gasteiger partial charge in [0.1, 0.15) is 17.7 Å². The molecule has 0 bridgehead atoms. The predicted molar refractivity (Wildman–Crippen MR) is 113 cm³/mol. The van der Waals surface area contributed by atoms with Gasteiger partial charge in [0.25, 0.3) is 0 Å². The van der Waals surface area contributed by atoms with Crippen molar-refractivity contribution in [3.05, 3.63) is 54.5 Å². The molecule has 29 heavy (non-hydrogen) atoms. The third-order valence-electron chi connectivity index (χ3n) is 5.60. The first-order chi connectivity index (χ1) is 14.1. The number of fused-ring (bicyclic) bond motifs is 2. The monoisotopic (exact) mass is 386 g/mol. The van der Waals surface area contributed by atoms with Crippen LogP contribution in [0.3, 0.4) is 0 Å². The van der Waals surface area contributed by atoms with E-state index in [0.29, 0.717) is 13.0 Å². The van der Waals surface area contributed by atoms with Gasteiger partial charge >= 0.3 is 0 Å². The van der Waals surface area contributed by atoms with Crippen molar-refractivity contribution < 1.29 is 9.53 Å². The Morgan fingerprint density at radius 1 is 1.14 bits per heavy atom. The van der Waals surface area contributed by atoms with Gasteiger partial charge in [0.05, 0.1) is 16.6 Å². The smallest absolute Gasteiger partial charge is 0.220 e. The first kappa shape index (κ1) is 17.7. The van der Waals surface area contributed by atoms with Crippen LogP contribution in [-0.4, -0.2) is 33.5 Å². The molecular weight excluding hydrogens is 364 g/mol. The fourth-order valence-corrected chi connectivity index (χ4v) is 3.99. The molecule has 1 fully saturated rings. The Bertz CT molecular complexity index is 1230. The lowest BCUT2D eigenvalue weighted by Crippen LogP contribution is -2.25. The molecule has 4 aromatic rings. The Balaban J connectivity index is 1.56. The molecule has 1 amide bonds. The number of carbonyl (C=O) groups excluding carboxylic acids is 1. The van der Waals surface area contributed by atoms with Gasteiger partial charge in [-0.2, -0.15) is 0 Å². The van der Waals surface area contributed by atoms with Crippen LogP contribution in [0, 0.1) is 12.8 Å². The summed E-state index contributed by atoms with van der Waals surface area (Å²) < 4.78 is 6.36. The average molecular weight is 386 g/mol. The third-order valence-corrected chi connectivity index (χ3v) is 5.60. The summed E-state index contributed by atoms with van der Waals surface area (Å²) >= 11 is 0. The number of hydrogen-bond donors (Lipinski definition) is 2. The second kappa shape index (κ2) is 6.88. The summed E-state index contributed by atoms with van der Waals surface area (Å²) in [4.78, 5) is 23.9. The summed E-state index contributed by atoms with van der Waals surface area (Å²) in [5, 5.41) is 3.86. The molecular formula is C23H22N4O2. The number of amides is 1. The van der Waals surface area contributed by atoms with Gasteiger partial charge < -0.3 is 15.0 Å². The number of imidazole rings is 1. The quantitative estimate of drug-likeness (QED) is 0.556. The van der Waals surface area contributed by atoms with E-state index >= 15 is 0 Å². The molecule has 2 aromatic carbocycles. The van der Waals surface area contributed by atoms with Gasteiger partial charge in [-0.1, -0.05) is 6.07 Å². The number of nitrogens with one attached hydrogen (secondary N) is 2. The SMILES string of the molecule is Cc1nc2ccc(-c3cc(OC(C)C4CNC(=O)C4)c4cccnc4c3)cc2[nH]1. The molecule has 1 aliphatic heterocycles. The lowest BCUT2D eigenvalue weighted by Gasteiger charge is -2.21. The van der Waals surface area contributed by atoms with Crippen LogP contribution in [-0.2, 0) is 4.79 Å². The van der Waals surface area contributed by atoms with Crippen molar-refractivity contribution in [3.63, 3.8) is 0 Å². The number of rotatable bonds is 4. The zero-order valence-electron chi connectivity index (χ0n) is 16.4. The van der Waals surface area contributed by atoms with E-state index < -0.39 is 0 Å². The van der Waals surface area contributed by atoms with E-state index in [-0.39, 0.29) is 17.9 Å². The van der Waals surface area contributed by atoms with Crippen molar-refractivity contribution in [2.24, 2.45) is 5.92 Å². The number of hydrogen-bond acceptors (Lipinski definition) is 4. The fourth-order valence-electron chi connectivity index (χ4n) is 3.99. The zero-order chi connectivity index (χ0) is 20.0. The molecule has 0 radical (unpaired) electrons. The summed E-state index contributed by atoms with van der Waals surface area (Å²) in [6.45, 7) is 4.64. The number of pyridine rings is 1.